The van der Waals surface area contributed by atoms with E-state index in [0.29, 0.717) is 25.8 Å². The number of likely N-dealkylation sites (tertiary alicyclic amines) is 1. The maximum Gasteiger partial charge on any atom is 0.326 e. The van der Waals surface area contributed by atoms with Crippen molar-refractivity contribution in [3.8, 4) is 0 Å². The van der Waals surface area contributed by atoms with E-state index in [-0.39, 0.29) is 25.8 Å². The van der Waals surface area contributed by atoms with E-state index in [1.54, 1.807) is 0 Å². The number of carboxylic acid groups (broad SMARTS) is 3. The minimum atomic E-state index is -1.53. The van der Waals surface area contributed by atoms with Gasteiger partial charge in [-0.05, 0) is 45.1 Å². The molecule has 14 nitrogen and oxygen atoms in total. The van der Waals surface area contributed by atoms with Crippen LogP contribution in [-0.4, -0.2) is 93.1 Å². The molecule has 0 spiro atoms. The molecule has 0 aromatic carbocycles. The third-order valence-corrected chi connectivity index (χ3v) is 5.40. The van der Waals surface area contributed by atoms with Gasteiger partial charge in [0.05, 0.1) is 12.5 Å². The average Bonchev–Trinajstić information content (AvgIpc) is 3.25. The van der Waals surface area contributed by atoms with E-state index in [1.807, 2.05) is 0 Å². The Bertz CT molecular complexity index is 776. The van der Waals surface area contributed by atoms with Crippen molar-refractivity contribution < 1.29 is 44.1 Å². The number of hydrogen-bond donors (Lipinski definition) is 7. The first kappa shape index (κ1) is 28.8. The molecule has 34 heavy (non-hydrogen) atoms. The standard InChI is InChI=1S/C20H33N5O9/c21-8-2-1-4-12(20(33)34)23-18(31)14-5-3-9-25(14)19(32)13(10-16(28)29)24-17(30)11(22)6-7-15(26)27/h11-14H,1-10,21-22H2,(H,23,31)(H,24,30)(H,26,27)(H,28,29)(H,33,34). The number of rotatable bonds is 15. The van der Waals surface area contributed by atoms with Gasteiger partial charge in [0.25, 0.3) is 0 Å². The smallest absolute Gasteiger partial charge is 0.326 e. The summed E-state index contributed by atoms with van der Waals surface area (Å²) in [5, 5.41) is 31.9. The lowest BCUT2D eigenvalue weighted by atomic mass is 10.1. The Morgan fingerprint density at radius 2 is 1.62 bits per heavy atom. The fourth-order valence-corrected chi connectivity index (χ4v) is 3.58. The number of hydrogen-bond acceptors (Lipinski definition) is 8. The molecule has 1 aliphatic rings. The van der Waals surface area contributed by atoms with E-state index in [9.17, 15) is 39.0 Å². The van der Waals surface area contributed by atoms with E-state index < -0.39 is 72.6 Å². The number of nitrogens with zero attached hydrogens (tertiary/aromatic N) is 1. The number of carbonyl (C=O) groups is 6. The Balaban J connectivity index is 2.90. The zero-order valence-electron chi connectivity index (χ0n) is 18.8. The van der Waals surface area contributed by atoms with Crippen molar-refractivity contribution in [1.82, 2.24) is 15.5 Å². The molecule has 1 aliphatic heterocycles. The Morgan fingerprint density at radius 1 is 0.941 bits per heavy atom. The normalized spacial score (nSPS) is 17.9. The van der Waals surface area contributed by atoms with Crippen molar-refractivity contribution in [3.05, 3.63) is 0 Å². The maximum absolute atomic E-state index is 13.1. The summed E-state index contributed by atoms with van der Waals surface area (Å²) in [4.78, 5) is 72.6. The Hall–Kier alpha value is -3.26. The molecule has 1 fully saturated rings. The van der Waals surface area contributed by atoms with Gasteiger partial charge in [0.15, 0.2) is 0 Å². The van der Waals surface area contributed by atoms with E-state index in [1.165, 1.54) is 0 Å². The Morgan fingerprint density at radius 3 is 2.18 bits per heavy atom. The summed E-state index contributed by atoms with van der Waals surface area (Å²) in [5.74, 6) is -6.20. The maximum atomic E-state index is 13.1. The summed E-state index contributed by atoms with van der Waals surface area (Å²) in [6.07, 6.45) is 0.484. The van der Waals surface area contributed by atoms with Crippen LogP contribution in [0, 0.1) is 0 Å². The molecule has 4 unspecified atom stereocenters. The van der Waals surface area contributed by atoms with Gasteiger partial charge in [-0.3, -0.25) is 24.0 Å². The first-order chi connectivity index (χ1) is 16.0. The summed E-state index contributed by atoms with van der Waals surface area (Å²) >= 11 is 0. The lowest BCUT2D eigenvalue weighted by molar-refractivity contribution is -0.147. The van der Waals surface area contributed by atoms with Crippen molar-refractivity contribution in [1.29, 1.82) is 0 Å². The summed E-state index contributed by atoms with van der Waals surface area (Å²) < 4.78 is 0. The first-order valence-corrected chi connectivity index (χ1v) is 11.0. The summed E-state index contributed by atoms with van der Waals surface area (Å²) in [6, 6.07) is -5.01. The molecule has 14 heteroatoms. The molecule has 3 amide bonds. The monoisotopic (exact) mass is 487 g/mol. The van der Waals surface area contributed by atoms with Gasteiger partial charge in [-0.15, -0.1) is 0 Å². The first-order valence-electron chi connectivity index (χ1n) is 11.0. The number of carboxylic acids is 3. The summed E-state index contributed by atoms with van der Waals surface area (Å²) in [6.45, 7) is 0.487. The highest BCUT2D eigenvalue weighted by Gasteiger charge is 2.39. The number of amides is 3. The van der Waals surface area contributed by atoms with Gasteiger partial charge >= 0.3 is 17.9 Å². The van der Waals surface area contributed by atoms with Crippen molar-refractivity contribution in [2.75, 3.05) is 13.1 Å². The fourth-order valence-electron chi connectivity index (χ4n) is 3.58. The van der Waals surface area contributed by atoms with Crippen molar-refractivity contribution >= 4 is 35.6 Å². The number of nitrogens with two attached hydrogens (primary N) is 2. The van der Waals surface area contributed by atoms with Crippen LogP contribution in [0.15, 0.2) is 0 Å². The van der Waals surface area contributed by atoms with Gasteiger partial charge in [-0.2, -0.15) is 0 Å². The quantitative estimate of drug-likeness (QED) is 0.122. The molecule has 0 radical (unpaired) electrons. The molecule has 1 rings (SSSR count). The third kappa shape index (κ3) is 9.31. The SMILES string of the molecule is NCCCCC(NC(=O)C1CCCN1C(=O)C(CC(=O)O)NC(=O)C(N)CCC(=O)O)C(=O)O. The second kappa shape index (κ2) is 14.1. The van der Waals surface area contributed by atoms with Crippen LogP contribution < -0.4 is 22.1 Å². The zero-order chi connectivity index (χ0) is 25.8. The van der Waals surface area contributed by atoms with Crippen LogP contribution in [0.25, 0.3) is 0 Å². The topological polar surface area (TPSA) is 242 Å². The number of aliphatic carboxylic acids is 3. The molecule has 4 atom stereocenters. The van der Waals surface area contributed by atoms with Gasteiger partial charge in [0.1, 0.15) is 18.1 Å². The molecule has 0 aliphatic carbocycles. The largest absolute Gasteiger partial charge is 0.481 e. The predicted molar refractivity (Wildman–Crippen MR) is 116 cm³/mol. The van der Waals surface area contributed by atoms with E-state index >= 15 is 0 Å². The Labute approximate surface area is 196 Å². The highest BCUT2D eigenvalue weighted by Crippen LogP contribution is 2.20. The van der Waals surface area contributed by atoms with E-state index in [2.05, 4.69) is 10.6 Å². The van der Waals surface area contributed by atoms with Crippen LogP contribution >= 0.6 is 0 Å². The van der Waals surface area contributed by atoms with Crippen LogP contribution in [0.4, 0.5) is 0 Å². The molecule has 0 bridgehead atoms. The average molecular weight is 488 g/mol. The number of nitrogens with one attached hydrogen (secondary N) is 2. The van der Waals surface area contributed by atoms with E-state index in [4.69, 9.17) is 16.6 Å². The molecule has 9 N–H and O–H groups in total. The summed E-state index contributed by atoms with van der Waals surface area (Å²) in [5.41, 5.74) is 11.0. The Kier molecular flexibility index (Phi) is 11.9. The van der Waals surface area contributed by atoms with Crippen LogP contribution in [0.1, 0.15) is 51.4 Å². The fraction of sp³-hybridized carbons (Fsp3) is 0.700. The second-order valence-corrected chi connectivity index (χ2v) is 8.07. The molecule has 192 valence electrons. The zero-order valence-corrected chi connectivity index (χ0v) is 18.8. The summed E-state index contributed by atoms with van der Waals surface area (Å²) in [7, 11) is 0. The molecular formula is C20H33N5O9. The minimum Gasteiger partial charge on any atom is -0.481 e. The van der Waals surface area contributed by atoms with Crippen molar-refractivity contribution in [2.24, 2.45) is 11.5 Å². The van der Waals surface area contributed by atoms with Crippen LogP contribution in [0.5, 0.6) is 0 Å². The number of carbonyl (C=O) groups excluding carboxylic acids is 3. The lowest BCUT2D eigenvalue weighted by Gasteiger charge is -2.29. The van der Waals surface area contributed by atoms with Gasteiger partial charge in [-0.25, -0.2) is 4.79 Å². The second-order valence-electron chi connectivity index (χ2n) is 8.07. The third-order valence-electron chi connectivity index (χ3n) is 5.40. The molecule has 1 saturated heterocycles. The molecular weight excluding hydrogens is 454 g/mol. The van der Waals surface area contributed by atoms with Gasteiger partial charge < -0.3 is 42.3 Å². The number of unbranched alkanes of at least 4 members (excludes halogenated alkanes) is 1. The van der Waals surface area contributed by atoms with Crippen LogP contribution in [0.3, 0.4) is 0 Å². The highest BCUT2D eigenvalue weighted by atomic mass is 16.4. The predicted octanol–water partition coefficient (Wildman–Crippen LogP) is -2.17. The van der Waals surface area contributed by atoms with Crippen molar-refractivity contribution in [2.45, 2.75) is 75.5 Å². The highest BCUT2D eigenvalue weighted by molar-refractivity contribution is 5.96. The van der Waals surface area contributed by atoms with E-state index in [0.717, 1.165) is 4.90 Å². The minimum absolute atomic E-state index is 0.110. The molecule has 0 aromatic rings. The lowest BCUT2D eigenvalue weighted by Crippen LogP contribution is -2.57. The molecule has 0 aromatic heterocycles. The molecule has 0 saturated carbocycles. The molecule has 1 heterocycles. The van der Waals surface area contributed by atoms with Crippen molar-refractivity contribution in [3.63, 3.8) is 0 Å². The van der Waals surface area contributed by atoms with Crippen LogP contribution in [-0.2, 0) is 28.8 Å². The van der Waals surface area contributed by atoms with Crippen LogP contribution in [0.2, 0.25) is 0 Å². The van der Waals surface area contributed by atoms with Gasteiger partial charge in [0, 0.05) is 13.0 Å². The van der Waals surface area contributed by atoms with Gasteiger partial charge in [-0.1, -0.05) is 0 Å². The van der Waals surface area contributed by atoms with Gasteiger partial charge in [0.2, 0.25) is 17.7 Å².